The highest BCUT2D eigenvalue weighted by atomic mass is 35.5. The summed E-state index contributed by atoms with van der Waals surface area (Å²) < 4.78 is 0. The molecule has 0 aromatic carbocycles. The van der Waals surface area contributed by atoms with E-state index in [4.69, 9.17) is 11.6 Å². The average Bonchev–Trinajstić information content (AvgIpc) is 2.86. The van der Waals surface area contributed by atoms with E-state index in [-0.39, 0.29) is 11.6 Å². The number of aromatic nitrogens is 2. The van der Waals surface area contributed by atoms with Gasteiger partial charge in [-0.05, 0) is 26.0 Å². The molecule has 0 bridgehead atoms. The summed E-state index contributed by atoms with van der Waals surface area (Å²) in [6, 6.07) is 3.45. The van der Waals surface area contributed by atoms with E-state index in [0.717, 1.165) is 17.1 Å². The van der Waals surface area contributed by atoms with Crippen molar-refractivity contribution >= 4 is 34.7 Å². The summed E-state index contributed by atoms with van der Waals surface area (Å²) in [5.74, 6) is 0.445. The molecule has 2 aromatic rings. The van der Waals surface area contributed by atoms with Crippen LogP contribution in [0, 0.1) is 6.92 Å². The molecule has 0 saturated heterocycles. The van der Waals surface area contributed by atoms with Gasteiger partial charge in [-0.3, -0.25) is 4.79 Å². The van der Waals surface area contributed by atoms with E-state index in [1.54, 1.807) is 29.6 Å². The molecule has 2 heterocycles. The Morgan fingerprint density at radius 3 is 2.86 bits per heavy atom. The minimum Gasteiger partial charge on any atom is -0.370 e. The molecule has 5 nitrogen and oxygen atoms in total. The van der Waals surface area contributed by atoms with Crippen LogP contribution in [0.25, 0.3) is 0 Å². The molecular weight excluding hydrogens is 308 g/mol. The molecule has 112 valence electrons. The predicted octanol–water partition coefficient (Wildman–Crippen LogP) is 3.20. The lowest BCUT2D eigenvalue weighted by Gasteiger charge is -2.17. The first-order valence-corrected chi connectivity index (χ1v) is 7.83. The zero-order chi connectivity index (χ0) is 15.4. The number of rotatable bonds is 5. The molecule has 1 N–H and O–H groups in total. The van der Waals surface area contributed by atoms with Gasteiger partial charge in [0.15, 0.2) is 0 Å². The van der Waals surface area contributed by atoms with Crippen LogP contribution < -0.4 is 5.32 Å². The fourth-order valence-corrected chi connectivity index (χ4v) is 2.83. The third kappa shape index (κ3) is 3.71. The zero-order valence-electron chi connectivity index (χ0n) is 12.2. The Morgan fingerprint density at radius 1 is 1.48 bits per heavy atom. The highest BCUT2D eigenvalue weighted by Gasteiger charge is 2.19. The van der Waals surface area contributed by atoms with Crippen LogP contribution in [0.5, 0.6) is 0 Å². The molecule has 0 aliphatic rings. The molecule has 0 fully saturated rings. The van der Waals surface area contributed by atoms with Gasteiger partial charge in [-0.15, -0.1) is 11.3 Å². The third-order valence-electron chi connectivity index (χ3n) is 2.98. The van der Waals surface area contributed by atoms with Gasteiger partial charge in [0.2, 0.25) is 0 Å². The predicted molar refractivity (Wildman–Crippen MR) is 86.1 cm³/mol. The van der Waals surface area contributed by atoms with Gasteiger partial charge in [-0.2, -0.15) is 0 Å². The fraction of sp³-hybridized carbons (Fsp3) is 0.357. The number of amides is 1. The summed E-state index contributed by atoms with van der Waals surface area (Å²) >= 11 is 7.64. The quantitative estimate of drug-likeness (QED) is 0.917. The van der Waals surface area contributed by atoms with Gasteiger partial charge in [0.05, 0.1) is 22.8 Å². The Morgan fingerprint density at radius 2 is 2.24 bits per heavy atom. The van der Waals surface area contributed by atoms with Crippen molar-refractivity contribution in [2.24, 2.45) is 0 Å². The Kier molecular flexibility index (Phi) is 5.14. The highest BCUT2D eigenvalue weighted by molar-refractivity contribution is 7.09. The lowest BCUT2D eigenvalue weighted by Crippen LogP contribution is -2.27. The van der Waals surface area contributed by atoms with Gasteiger partial charge >= 0.3 is 0 Å². The second-order valence-corrected chi connectivity index (χ2v) is 5.93. The number of carbonyl (C=O) groups is 1. The van der Waals surface area contributed by atoms with Gasteiger partial charge in [0.25, 0.3) is 5.91 Å². The van der Waals surface area contributed by atoms with Crippen LogP contribution in [-0.4, -0.2) is 34.4 Å². The van der Waals surface area contributed by atoms with E-state index in [1.165, 1.54) is 11.3 Å². The van der Waals surface area contributed by atoms with Crippen LogP contribution in [-0.2, 0) is 6.54 Å². The SMILES string of the molecule is CCNc1ccc(Cl)c(C(=O)N(C)Cc2scnc2C)n1. The molecule has 0 radical (unpaired) electrons. The van der Waals surface area contributed by atoms with E-state index in [0.29, 0.717) is 17.4 Å². The first-order valence-electron chi connectivity index (χ1n) is 6.57. The minimum atomic E-state index is -0.201. The van der Waals surface area contributed by atoms with E-state index in [9.17, 15) is 4.79 Å². The van der Waals surface area contributed by atoms with Crippen molar-refractivity contribution in [3.63, 3.8) is 0 Å². The molecule has 0 unspecified atom stereocenters. The fourth-order valence-electron chi connectivity index (χ4n) is 1.82. The van der Waals surface area contributed by atoms with Crippen molar-refractivity contribution in [1.29, 1.82) is 0 Å². The molecule has 0 saturated carbocycles. The minimum absolute atomic E-state index is 0.201. The van der Waals surface area contributed by atoms with E-state index in [2.05, 4.69) is 15.3 Å². The van der Waals surface area contributed by atoms with E-state index in [1.807, 2.05) is 13.8 Å². The number of thiazole rings is 1. The first-order chi connectivity index (χ1) is 10.0. The molecule has 1 amide bonds. The molecule has 0 aliphatic heterocycles. The van der Waals surface area contributed by atoms with Gasteiger partial charge in [0, 0.05) is 18.5 Å². The van der Waals surface area contributed by atoms with Crippen LogP contribution in [0.3, 0.4) is 0 Å². The number of hydrogen-bond acceptors (Lipinski definition) is 5. The van der Waals surface area contributed by atoms with Gasteiger partial charge in [0.1, 0.15) is 11.5 Å². The van der Waals surface area contributed by atoms with Crippen LogP contribution in [0.1, 0.15) is 28.0 Å². The van der Waals surface area contributed by atoms with E-state index >= 15 is 0 Å². The summed E-state index contributed by atoms with van der Waals surface area (Å²) in [7, 11) is 1.74. The van der Waals surface area contributed by atoms with Crippen LogP contribution in [0.15, 0.2) is 17.6 Å². The van der Waals surface area contributed by atoms with Crippen molar-refractivity contribution in [3.05, 3.63) is 38.9 Å². The van der Waals surface area contributed by atoms with Crippen LogP contribution in [0.2, 0.25) is 5.02 Å². The number of pyridine rings is 1. The number of aryl methyl sites for hydroxylation is 1. The Bertz CT molecular complexity index is 644. The molecule has 0 atom stereocenters. The summed E-state index contributed by atoms with van der Waals surface area (Å²) in [4.78, 5) is 23.6. The monoisotopic (exact) mass is 324 g/mol. The normalized spacial score (nSPS) is 10.5. The molecule has 0 spiro atoms. The van der Waals surface area contributed by atoms with Crippen molar-refractivity contribution in [2.75, 3.05) is 18.9 Å². The first kappa shape index (κ1) is 15.7. The summed E-state index contributed by atoms with van der Waals surface area (Å²) in [5.41, 5.74) is 2.99. The average molecular weight is 325 g/mol. The summed E-state index contributed by atoms with van der Waals surface area (Å²) in [5, 5.41) is 3.43. The largest absolute Gasteiger partial charge is 0.370 e. The topological polar surface area (TPSA) is 58.1 Å². The number of nitrogens with zero attached hydrogens (tertiary/aromatic N) is 3. The number of anilines is 1. The molecule has 2 aromatic heterocycles. The standard InChI is InChI=1S/C14H17ClN4OS/c1-4-16-12-6-5-10(15)13(18-12)14(20)19(3)7-11-9(2)17-8-21-11/h5-6,8H,4,7H2,1-3H3,(H,16,18). The second-order valence-electron chi connectivity index (χ2n) is 4.58. The number of carbonyl (C=O) groups excluding carboxylic acids is 1. The van der Waals surface area contributed by atoms with Gasteiger partial charge in [-0.25, -0.2) is 9.97 Å². The molecule has 21 heavy (non-hydrogen) atoms. The van der Waals surface area contributed by atoms with Crippen molar-refractivity contribution in [2.45, 2.75) is 20.4 Å². The summed E-state index contributed by atoms with van der Waals surface area (Å²) in [6.07, 6.45) is 0. The van der Waals surface area contributed by atoms with Crippen LogP contribution in [0.4, 0.5) is 5.82 Å². The maximum absolute atomic E-state index is 12.5. The van der Waals surface area contributed by atoms with Crippen molar-refractivity contribution in [3.8, 4) is 0 Å². The lowest BCUT2D eigenvalue weighted by molar-refractivity contribution is 0.0781. The number of hydrogen-bond donors (Lipinski definition) is 1. The smallest absolute Gasteiger partial charge is 0.274 e. The third-order valence-corrected chi connectivity index (χ3v) is 4.20. The van der Waals surface area contributed by atoms with Gasteiger partial charge in [-0.1, -0.05) is 11.6 Å². The maximum Gasteiger partial charge on any atom is 0.274 e. The van der Waals surface area contributed by atoms with Crippen molar-refractivity contribution in [1.82, 2.24) is 14.9 Å². The molecule has 0 aliphatic carbocycles. The zero-order valence-corrected chi connectivity index (χ0v) is 13.8. The molecular formula is C14H17ClN4OS. The maximum atomic E-state index is 12.5. The summed E-state index contributed by atoms with van der Waals surface area (Å²) in [6.45, 7) is 5.13. The highest BCUT2D eigenvalue weighted by Crippen LogP contribution is 2.20. The van der Waals surface area contributed by atoms with Crippen molar-refractivity contribution < 1.29 is 4.79 Å². The van der Waals surface area contributed by atoms with Crippen LogP contribution >= 0.6 is 22.9 Å². The Labute approximate surface area is 133 Å². The molecule has 2 rings (SSSR count). The lowest BCUT2D eigenvalue weighted by atomic mass is 10.3. The Hall–Kier alpha value is -1.66. The molecule has 7 heteroatoms. The van der Waals surface area contributed by atoms with E-state index < -0.39 is 0 Å². The number of nitrogens with one attached hydrogen (secondary N) is 1. The Balaban J connectivity index is 2.18. The van der Waals surface area contributed by atoms with Gasteiger partial charge < -0.3 is 10.2 Å². The second kappa shape index (κ2) is 6.87. The number of halogens is 1.